The molecule has 0 amide bonds. The molecule has 1 heterocycles. The van der Waals surface area contributed by atoms with Crippen LogP contribution in [0.4, 0.5) is 22.0 Å². The number of ether oxygens (including phenoxy) is 1. The molecule has 0 radical (unpaired) electrons. The second-order valence-corrected chi connectivity index (χ2v) is 3.64. The van der Waals surface area contributed by atoms with Crippen LogP contribution in [0.1, 0.15) is 40.7 Å². The summed E-state index contributed by atoms with van der Waals surface area (Å²) in [6, 6.07) is 0.249. The molecule has 1 rings (SSSR count). The molecule has 2 N–H and O–H groups in total. The van der Waals surface area contributed by atoms with Crippen LogP contribution >= 0.6 is 0 Å². The first-order valence-corrected chi connectivity index (χ1v) is 5.48. The maximum atomic E-state index is 12.8. The number of carbonyl (C=O) groups excluding carboxylic acids is 1. The Morgan fingerprint density at radius 3 is 2.45 bits per heavy atom. The molecule has 0 aliphatic carbocycles. The fourth-order valence-corrected chi connectivity index (χ4v) is 1.55. The first-order chi connectivity index (χ1) is 9.22. The van der Waals surface area contributed by atoms with E-state index < -0.39 is 47.6 Å². The number of aromatic nitrogens is 1. The molecule has 0 fully saturated rings. The zero-order chi connectivity index (χ0) is 15.5. The Hall–Kier alpha value is -1.77. The Bertz CT molecular complexity index is 502. The highest BCUT2D eigenvalue weighted by Crippen LogP contribution is 2.38. The zero-order valence-electron chi connectivity index (χ0n) is 10.3. The molecular formula is C11H11F5N2O2. The van der Waals surface area contributed by atoms with E-state index in [2.05, 4.69) is 9.72 Å². The summed E-state index contributed by atoms with van der Waals surface area (Å²) in [5.74, 6) is -1.13. The van der Waals surface area contributed by atoms with E-state index in [0.29, 0.717) is 0 Å². The molecule has 0 spiro atoms. The molecule has 1 aromatic rings. The van der Waals surface area contributed by atoms with Crippen LogP contribution in [0.2, 0.25) is 0 Å². The van der Waals surface area contributed by atoms with Crippen LogP contribution in [0.25, 0.3) is 0 Å². The quantitative estimate of drug-likeness (QED) is 0.685. The Morgan fingerprint density at radius 2 is 2.05 bits per heavy atom. The average molecular weight is 298 g/mol. The summed E-state index contributed by atoms with van der Waals surface area (Å²) >= 11 is 0. The van der Waals surface area contributed by atoms with Crippen molar-refractivity contribution in [2.45, 2.75) is 26.1 Å². The van der Waals surface area contributed by atoms with E-state index in [9.17, 15) is 26.7 Å². The number of alkyl halides is 5. The Kier molecular flexibility index (Phi) is 4.98. The first-order valence-electron chi connectivity index (χ1n) is 5.48. The van der Waals surface area contributed by atoms with Gasteiger partial charge in [-0.1, -0.05) is 0 Å². The average Bonchev–Trinajstić information content (AvgIpc) is 2.36. The molecule has 0 aromatic carbocycles. The number of hydrogen-bond acceptors (Lipinski definition) is 4. The van der Waals surface area contributed by atoms with Crippen molar-refractivity contribution >= 4 is 5.97 Å². The van der Waals surface area contributed by atoms with Gasteiger partial charge < -0.3 is 10.5 Å². The van der Waals surface area contributed by atoms with Gasteiger partial charge in [0, 0.05) is 6.54 Å². The monoisotopic (exact) mass is 298 g/mol. The largest absolute Gasteiger partial charge is 0.461 e. The van der Waals surface area contributed by atoms with E-state index in [1.54, 1.807) is 0 Å². The van der Waals surface area contributed by atoms with Crippen molar-refractivity contribution in [3.8, 4) is 0 Å². The van der Waals surface area contributed by atoms with Gasteiger partial charge >= 0.3 is 12.1 Å². The minimum Gasteiger partial charge on any atom is -0.461 e. The molecule has 0 bridgehead atoms. The van der Waals surface area contributed by atoms with E-state index in [0.717, 1.165) is 0 Å². The SMILES string of the molecule is CCOC(=O)c1cc(C(F)(F)F)c(C(F)F)c(CN)n1. The van der Waals surface area contributed by atoms with Crippen LogP contribution in [0.15, 0.2) is 6.07 Å². The third kappa shape index (κ3) is 3.41. The summed E-state index contributed by atoms with van der Waals surface area (Å²) in [5.41, 5.74) is 0.796. The van der Waals surface area contributed by atoms with Gasteiger partial charge in [0.2, 0.25) is 0 Å². The van der Waals surface area contributed by atoms with Crippen LogP contribution in [0.3, 0.4) is 0 Å². The molecule has 20 heavy (non-hydrogen) atoms. The summed E-state index contributed by atoms with van der Waals surface area (Å²) in [6.45, 7) is 0.701. The lowest BCUT2D eigenvalue weighted by Gasteiger charge is -2.16. The van der Waals surface area contributed by atoms with Crippen LogP contribution < -0.4 is 5.73 Å². The number of pyridine rings is 1. The van der Waals surface area contributed by atoms with Crippen LogP contribution in [0, 0.1) is 0 Å². The lowest BCUT2D eigenvalue weighted by molar-refractivity contribution is -0.139. The van der Waals surface area contributed by atoms with Gasteiger partial charge in [-0.3, -0.25) is 0 Å². The van der Waals surface area contributed by atoms with Gasteiger partial charge in [0.25, 0.3) is 6.43 Å². The number of nitrogens with two attached hydrogens (primary N) is 1. The van der Waals surface area contributed by atoms with E-state index in [1.807, 2.05) is 0 Å². The van der Waals surface area contributed by atoms with E-state index >= 15 is 0 Å². The maximum absolute atomic E-state index is 12.8. The standard InChI is InChI=1S/C11H11F5N2O2/c1-2-20-10(19)6-3-5(11(14,15)16)8(9(12)13)7(4-17)18-6/h3,9H,2,4,17H2,1H3. The van der Waals surface area contributed by atoms with Crippen LogP contribution in [0.5, 0.6) is 0 Å². The van der Waals surface area contributed by atoms with Gasteiger partial charge in [0.15, 0.2) is 0 Å². The number of halogens is 5. The summed E-state index contributed by atoms with van der Waals surface area (Å²) in [5, 5.41) is 0. The summed E-state index contributed by atoms with van der Waals surface area (Å²) < 4.78 is 68.4. The van der Waals surface area contributed by atoms with E-state index in [-0.39, 0.29) is 12.7 Å². The third-order valence-electron chi connectivity index (χ3n) is 2.34. The molecule has 0 aliphatic heterocycles. The fraction of sp³-hybridized carbons (Fsp3) is 0.455. The molecular weight excluding hydrogens is 287 g/mol. The molecule has 0 unspecified atom stereocenters. The van der Waals surface area contributed by atoms with Crippen molar-refractivity contribution in [3.63, 3.8) is 0 Å². The van der Waals surface area contributed by atoms with Crippen molar-refractivity contribution < 1.29 is 31.5 Å². The van der Waals surface area contributed by atoms with Gasteiger partial charge in [-0.15, -0.1) is 0 Å². The van der Waals surface area contributed by atoms with Crippen molar-refractivity contribution in [2.75, 3.05) is 6.61 Å². The molecule has 1 aromatic heterocycles. The lowest BCUT2D eigenvalue weighted by Crippen LogP contribution is -2.19. The minimum absolute atomic E-state index is 0.0869. The van der Waals surface area contributed by atoms with Gasteiger partial charge in [-0.05, 0) is 13.0 Å². The van der Waals surface area contributed by atoms with Crippen LogP contribution in [-0.4, -0.2) is 17.6 Å². The van der Waals surface area contributed by atoms with E-state index in [1.165, 1.54) is 6.92 Å². The lowest BCUT2D eigenvalue weighted by atomic mass is 10.0. The Labute approximate surface area is 110 Å². The summed E-state index contributed by atoms with van der Waals surface area (Å²) in [7, 11) is 0. The molecule has 0 saturated carbocycles. The molecule has 9 heteroatoms. The molecule has 0 atom stereocenters. The number of esters is 1. The van der Waals surface area contributed by atoms with Gasteiger partial charge in [-0.2, -0.15) is 13.2 Å². The summed E-state index contributed by atoms with van der Waals surface area (Å²) in [4.78, 5) is 14.8. The van der Waals surface area contributed by atoms with Crippen molar-refractivity contribution in [1.82, 2.24) is 4.98 Å². The number of nitrogens with zero attached hydrogens (tertiary/aromatic N) is 1. The highest BCUT2D eigenvalue weighted by molar-refractivity contribution is 5.87. The number of carbonyl (C=O) groups is 1. The second-order valence-electron chi connectivity index (χ2n) is 3.64. The van der Waals surface area contributed by atoms with Gasteiger partial charge in [0.05, 0.1) is 23.4 Å². The zero-order valence-corrected chi connectivity index (χ0v) is 10.3. The predicted octanol–water partition coefficient (Wildman–Crippen LogP) is 2.67. The number of hydrogen-bond donors (Lipinski definition) is 1. The first kappa shape index (κ1) is 16.3. The molecule has 0 aliphatic rings. The smallest absolute Gasteiger partial charge is 0.417 e. The fourth-order valence-electron chi connectivity index (χ4n) is 1.55. The topological polar surface area (TPSA) is 65.2 Å². The van der Waals surface area contributed by atoms with Crippen LogP contribution in [-0.2, 0) is 17.5 Å². The highest BCUT2D eigenvalue weighted by Gasteiger charge is 2.38. The second kappa shape index (κ2) is 6.12. The summed E-state index contributed by atoms with van der Waals surface area (Å²) in [6.07, 6.45) is -8.46. The van der Waals surface area contributed by atoms with Gasteiger partial charge in [-0.25, -0.2) is 18.6 Å². The van der Waals surface area contributed by atoms with Crippen molar-refractivity contribution in [1.29, 1.82) is 0 Å². The Morgan fingerprint density at radius 1 is 1.45 bits per heavy atom. The van der Waals surface area contributed by atoms with Crippen molar-refractivity contribution in [3.05, 3.63) is 28.6 Å². The van der Waals surface area contributed by atoms with E-state index in [4.69, 9.17) is 5.73 Å². The molecule has 0 saturated heterocycles. The normalized spacial score (nSPS) is 11.8. The number of rotatable bonds is 4. The van der Waals surface area contributed by atoms with Crippen molar-refractivity contribution in [2.24, 2.45) is 5.73 Å². The Balaban J connectivity index is 3.52. The van der Waals surface area contributed by atoms with Gasteiger partial charge in [0.1, 0.15) is 5.69 Å². The molecule has 4 nitrogen and oxygen atoms in total. The minimum atomic E-state index is -5.06. The highest BCUT2D eigenvalue weighted by atomic mass is 19.4. The third-order valence-corrected chi connectivity index (χ3v) is 2.34. The molecule has 112 valence electrons. The maximum Gasteiger partial charge on any atom is 0.417 e. The predicted molar refractivity (Wildman–Crippen MR) is 58.0 cm³/mol.